The molecule has 0 radical (unpaired) electrons. The number of halogens is 3. The Bertz CT molecular complexity index is 490. The number of allylic oxidation sites excluding steroid dienone is 2. The smallest absolute Gasteiger partial charge is 0.466 e. The number of hydrogen-bond acceptors (Lipinski definition) is 3. The van der Waals surface area contributed by atoms with Gasteiger partial charge in [0.25, 0.3) is 0 Å². The Kier molecular flexibility index (Phi) is 5.17. The summed E-state index contributed by atoms with van der Waals surface area (Å²) in [7, 11) is 1.24. The lowest BCUT2D eigenvalue weighted by Gasteiger charge is -2.08. The van der Waals surface area contributed by atoms with Crippen molar-refractivity contribution in [1.82, 2.24) is 0 Å². The molecule has 0 atom stereocenters. The Morgan fingerprint density at radius 2 is 2.00 bits per heavy atom. The Hall–Kier alpha value is -2.24. The fraction of sp³-hybridized carbons (Fsp3) is 0.154. The third-order valence-electron chi connectivity index (χ3n) is 1.92. The van der Waals surface area contributed by atoms with Crippen molar-refractivity contribution in [3.8, 4) is 5.75 Å². The lowest BCUT2D eigenvalue weighted by molar-refractivity contribution is -0.274. The summed E-state index contributed by atoms with van der Waals surface area (Å²) in [6.07, 6.45) is 0.926. The first-order valence-electron chi connectivity index (χ1n) is 5.19. The van der Waals surface area contributed by atoms with Crippen LogP contribution < -0.4 is 4.74 Å². The molecule has 102 valence electrons. The highest BCUT2D eigenvalue weighted by Crippen LogP contribution is 2.23. The maximum absolute atomic E-state index is 12.0. The number of carbonyl (C=O) groups excluding carboxylic acids is 1. The predicted molar refractivity (Wildman–Crippen MR) is 63.3 cm³/mol. The highest BCUT2D eigenvalue weighted by atomic mass is 19.4. The molecule has 6 heteroatoms. The summed E-state index contributed by atoms with van der Waals surface area (Å²) in [5.41, 5.74) is 0.510. The molecule has 0 unspecified atom stereocenters. The van der Waals surface area contributed by atoms with Gasteiger partial charge in [0.2, 0.25) is 0 Å². The van der Waals surface area contributed by atoms with Gasteiger partial charge in [0, 0.05) is 6.08 Å². The van der Waals surface area contributed by atoms with Crippen LogP contribution in [-0.4, -0.2) is 19.4 Å². The van der Waals surface area contributed by atoms with E-state index in [1.54, 1.807) is 6.07 Å². The topological polar surface area (TPSA) is 35.5 Å². The van der Waals surface area contributed by atoms with Gasteiger partial charge in [0.05, 0.1) is 7.11 Å². The van der Waals surface area contributed by atoms with Gasteiger partial charge in [0.1, 0.15) is 5.75 Å². The highest BCUT2D eigenvalue weighted by molar-refractivity contribution is 5.82. The lowest BCUT2D eigenvalue weighted by Crippen LogP contribution is -2.17. The summed E-state index contributed by atoms with van der Waals surface area (Å²) in [6, 6.07) is 5.47. The number of carbonyl (C=O) groups is 1. The summed E-state index contributed by atoms with van der Waals surface area (Å²) < 4.78 is 44.2. The minimum Gasteiger partial charge on any atom is -0.466 e. The number of esters is 1. The quantitative estimate of drug-likeness (QED) is 0.479. The SMILES string of the molecule is COC(=O)C=CC=Cc1cccc(OC(F)(F)F)c1. The van der Waals surface area contributed by atoms with E-state index in [9.17, 15) is 18.0 Å². The van der Waals surface area contributed by atoms with Crippen LogP contribution in [0.3, 0.4) is 0 Å². The minimum absolute atomic E-state index is 0.299. The van der Waals surface area contributed by atoms with Crippen molar-refractivity contribution in [2.45, 2.75) is 6.36 Å². The molecule has 0 aliphatic rings. The van der Waals surface area contributed by atoms with Crippen LogP contribution in [0.1, 0.15) is 5.56 Å². The third kappa shape index (κ3) is 6.30. The van der Waals surface area contributed by atoms with Crippen molar-refractivity contribution in [3.05, 3.63) is 48.1 Å². The summed E-state index contributed by atoms with van der Waals surface area (Å²) in [6.45, 7) is 0. The Balaban J connectivity index is 2.69. The van der Waals surface area contributed by atoms with Crippen LogP contribution in [0.4, 0.5) is 13.2 Å². The van der Waals surface area contributed by atoms with Crippen molar-refractivity contribution in [1.29, 1.82) is 0 Å². The number of rotatable bonds is 4. The van der Waals surface area contributed by atoms with Crippen molar-refractivity contribution in [3.63, 3.8) is 0 Å². The summed E-state index contributed by atoms with van der Waals surface area (Å²) in [5.74, 6) is -0.814. The van der Waals surface area contributed by atoms with Crippen LogP contribution in [0.25, 0.3) is 6.08 Å². The number of methoxy groups -OCH3 is 1. The lowest BCUT2D eigenvalue weighted by atomic mass is 10.2. The second-order valence-corrected chi connectivity index (χ2v) is 3.36. The molecule has 0 fully saturated rings. The minimum atomic E-state index is -4.72. The second kappa shape index (κ2) is 6.63. The van der Waals surface area contributed by atoms with E-state index < -0.39 is 12.3 Å². The molecule has 1 aromatic carbocycles. The van der Waals surface area contributed by atoms with Gasteiger partial charge in [0.15, 0.2) is 0 Å². The number of ether oxygens (including phenoxy) is 2. The van der Waals surface area contributed by atoms with Gasteiger partial charge in [-0.1, -0.05) is 30.4 Å². The molecule has 0 heterocycles. The Morgan fingerprint density at radius 1 is 1.26 bits per heavy atom. The number of alkyl halides is 3. The molecule has 19 heavy (non-hydrogen) atoms. The fourth-order valence-electron chi connectivity index (χ4n) is 1.18. The van der Waals surface area contributed by atoms with Gasteiger partial charge >= 0.3 is 12.3 Å². The van der Waals surface area contributed by atoms with Gasteiger partial charge in [-0.3, -0.25) is 0 Å². The van der Waals surface area contributed by atoms with E-state index in [1.807, 2.05) is 0 Å². The highest BCUT2D eigenvalue weighted by Gasteiger charge is 2.30. The zero-order chi connectivity index (χ0) is 14.3. The maximum Gasteiger partial charge on any atom is 0.573 e. The van der Waals surface area contributed by atoms with Crippen molar-refractivity contribution in [2.24, 2.45) is 0 Å². The van der Waals surface area contributed by atoms with Crippen molar-refractivity contribution < 1.29 is 27.4 Å². The van der Waals surface area contributed by atoms with E-state index >= 15 is 0 Å². The average Bonchev–Trinajstić information content (AvgIpc) is 2.32. The van der Waals surface area contributed by atoms with Crippen LogP contribution >= 0.6 is 0 Å². The van der Waals surface area contributed by atoms with Crippen molar-refractivity contribution in [2.75, 3.05) is 7.11 Å². The molecule has 1 aromatic rings. The molecule has 0 bridgehead atoms. The van der Waals surface area contributed by atoms with Crippen LogP contribution in [0.2, 0.25) is 0 Å². The first kappa shape index (κ1) is 14.8. The van der Waals surface area contributed by atoms with Gasteiger partial charge in [-0.05, 0) is 17.7 Å². The number of benzene rings is 1. The number of hydrogen-bond donors (Lipinski definition) is 0. The first-order chi connectivity index (χ1) is 8.90. The van der Waals surface area contributed by atoms with E-state index in [1.165, 1.54) is 49.6 Å². The average molecular weight is 272 g/mol. The van der Waals surface area contributed by atoms with E-state index in [2.05, 4.69) is 9.47 Å². The molecular weight excluding hydrogens is 261 g/mol. The normalized spacial score (nSPS) is 12.0. The molecule has 0 aliphatic carbocycles. The van der Waals surface area contributed by atoms with Crippen LogP contribution in [0, 0.1) is 0 Å². The molecule has 0 saturated heterocycles. The Morgan fingerprint density at radius 3 is 2.63 bits per heavy atom. The van der Waals surface area contributed by atoms with E-state index in [0.717, 1.165) is 0 Å². The molecule has 0 saturated carbocycles. The predicted octanol–water partition coefficient (Wildman–Crippen LogP) is 3.33. The van der Waals surface area contributed by atoms with Crippen molar-refractivity contribution >= 4 is 12.0 Å². The molecule has 0 N–H and O–H groups in total. The van der Waals surface area contributed by atoms with E-state index in [0.29, 0.717) is 5.56 Å². The Labute approximate surface area is 107 Å². The molecule has 0 spiro atoms. The van der Waals surface area contributed by atoms with E-state index in [4.69, 9.17) is 0 Å². The van der Waals surface area contributed by atoms with Gasteiger partial charge in [-0.2, -0.15) is 0 Å². The second-order valence-electron chi connectivity index (χ2n) is 3.36. The monoisotopic (exact) mass is 272 g/mol. The molecule has 1 rings (SSSR count). The largest absolute Gasteiger partial charge is 0.573 e. The van der Waals surface area contributed by atoms with Gasteiger partial charge in [-0.15, -0.1) is 13.2 Å². The van der Waals surface area contributed by atoms with Crippen LogP contribution in [-0.2, 0) is 9.53 Å². The standard InChI is InChI=1S/C13H11F3O3/c1-18-12(17)8-3-2-5-10-6-4-7-11(9-10)19-13(14,15)16/h2-9H,1H3. The fourth-order valence-corrected chi connectivity index (χ4v) is 1.18. The zero-order valence-electron chi connectivity index (χ0n) is 9.98. The van der Waals surface area contributed by atoms with Gasteiger partial charge in [-0.25, -0.2) is 4.79 Å². The molecule has 0 amide bonds. The first-order valence-corrected chi connectivity index (χ1v) is 5.19. The molecule has 0 aliphatic heterocycles. The maximum atomic E-state index is 12.0. The summed E-state index contributed by atoms with van der Waals surface area (Å²) in [5, 5.41) is 0. The van der Waals surface area contributed by atoms with Crippen LogP contribution in [0.5, 0.6) is 5.75 Å². The molecule has 0 aromatic heterocycles. The molecule has 3 nitrogen and oxygen atoms in total. The summed E-state index contributed by atoms with van der Waals surface area (Å²) >= 11 is 0. The van der Waals surface area contributed by atoms with E-state index in [-0.39, 0.29) is 5.75 Å². The third-order valence-corrected chi connectivity index (χ3v) is 1.92. The van der Waals surface area contributed by atoms with Gasteiger partial charge < -0.3 is 9.47 Å². The zero-order valence-corrected chi connectivity index (χ0v) is 9.98. The summed E-state index contributed by atoms with van der Waals surface area (Å²) in [4.78, 5) is 10.7. The van der Waals surface area contributed by atoms with Crippen LogP contribution in [0.15, 0.2) is 42.5 Å². The molecular formula is C13H11F3O3.